The van der Waals surface area contributed by atoms with E-state index >= 15 is 0 Å². The molecule has 0 atom stereocenters. The van der Waals surface area contributed by atoms with Gasteiger partial charge in [-0.05, 0) is 22.0 Å². The zero-order valence-corrected chi connectivity index (χ0v) is 8.34. The number of rotatable bonds is 3. The lowest BCUT2D eigenvalue weighted by molar-refractivity contribution is 0.297. The second kappa shape index (κ2) is 4.42. The molecule has 0 fully saturated rings. The number of hydrogen-bond donors (Lipinski definition) is 1. The van der Waals surface area contributed by atoms with Gasteiger partial charge in [-0.3, -0.25) is 0 Å². The maximum atomic E-state index is 8.71. The normalized spacial score (nSPS) is 9.92. The molecule has 1 aromatic rings. The van der Waals surface area contributed by atoms with Gasteiger partial charge < -0.3 is 9.84 Å². The molecule has 0 amide bonds. The number of aliphatic hydroxyl groups is 1. The highest BCUT2D eigenvalue weighted by molar-refractivity contribution is 9.10. The highest BCUT2D eigenvalue weighted by Gasteiger charge is 2.02. The van der Waals surface area contributed by atoms with Crippen LogP contribution in [0.15, 0.2) is 16.6 Å². The second-order valence-electron chi connectivity index (χ2n) is 2.26. The first-order chi connectivity index (χ1) is 5.77. The number of nitrogens with zero attached hydrogens (tertiary/aromatic N) is 1. The molecule has 0 spiro atoms. The van der Waals surface area contributed by atoms with Crippen LogP contribution in [0.5, 0.6) is 5.88 Å². The van der Waals surface area contributed by atoms with Crippen molar-refractivity contribution in [3.8, 4) is 5.88 Å². The van der Waals surface area contributed by atoms with Gasteiger partial charge in [0, 0.05) is 23.6 Å². The molecule has 1 rings (SSSR count). The van der Waals surface area contributed by atoms with Gasteiger partial charge >= 0.3 is 0 Å². The van der Waals surface area contributed by atoms with Crippen molar-refractivity contribution < 1.29 is 9.84 Å². The second-order valence-corrected chi connectivity index (χ2v) is 3.11. The van der Waals surface area contributed by atoms with Crippen molar-refractivity contribution >= 4 is 15.9 Å². The van der Waals surface area contributed by atoms with Crippen LogP contribution in [0.1, 0.15) is 5.69 Å². The Morgan fingerprint density at radius 2 is 2.33 bits per heavy atom. The highest BCUT2D eigenvalue weighted by atomic mass is 79.9. The fraction of sp³-hybridized carbons (Fsp3) is 0.375. The van der Waals surface area contributed by atoms with Crippen LogP contribution in [-0.2, 0) is 6.42 Å². The minimum absolute atomic E-state index is 0.0960. The number of aromatic nitrogens is 1. The molecule has 1 heterocycles. The molecule has 0 aliphatic carbocycles. The Morgan fingerprint density at radius 3 is 2.92 bits per heavy atom. The summed E-state index contributed by atoms with van der Waals surface area (Å²) in [5.74, 6) is 0.571. The monoisotopic (exact) mass is 231 g/mol. The number of halogens is 1. The fourth-order valence-electron chi connectivity index (χ4n) is 0.859. The van der Waals surface area contributed by atoms with Crippen molar-refractivity contribution in [2.45, 2.75) is 6.42 Å². The maximum absolute atomic E-state index is 8.71. The third kappa shape index (κ3) is 2.19. The first-order valence-electron chi connectivity index (χ1n) is 3.58. The van der Waals surface area contributed by atoms with Gasteiger partial charge in [-0.15, -0.1) is 0 Å². The summed E-state index contributed by atoms with van der Waals surface area (Å²) >= 11 is 3.33. The highest BCUT2D eigenvalue weighted by Crippen LogP contribution is 2.18. The lowest BCUT2D eigenvalue weighted by Crippen LogP contribution is -1.97. The Balaban J connectivity index is 2.91. The predicted molar refractivity (Wildman–Crippen MR) is 49.3 cm³/mol. The molecule has 4 heteroatoms. The van der Waals surface area contributed by atoms with Crippen LogP contribution in [0.3, 0.4) is 0 Å². The summed E-state index contributed by atoms with van der Waals surface area (Å²) in [5.41, 5.74) is 0.817. The zero-order valence-electron chi connectivity index (χ0n) is 6.75. The maximum Gasteiger partial charge on any atom is 0.213 e. The van der Waals surface area contributed by atoms with Crippen LogP contribution < -0.4 is 4.74 Å². The molecule has 0 unspecified atom stereocenters. The molecular formula is C8H10BrNO2. The zero-order chi connectivity index (χ0) is 8.97. The van der Waals surface area contributed by atoms with E-state index in [2.05, 4.69) is 20.9 Å². The minimum Gasteiger partial charge on any atom is -0.481 e. The molecule has 1 aromatic heterocycles. The van der Waals surface area contributed by atoms with Gasteiger partial charge in [0.15, 0.2) is 0 Å². The molecule has 0 radical (unpaired) electrons. The third-order valence-corrected chi connectivity index (χ3v) is 2.17. The third-order valence-electron chi connectivity index (χ3n) is 1.45. The topological polar surface area (TPSA) is 42.4 Å². The van der Waals surface area contributed by atoms with E-state index in [1.165, 1.54) is 0 Å². The van der Waals surface area contributed by atoms with Gasteiger partial charge in [0.2, 0.25) is 5.88 Å². The van der Waals surface area contributed by atoms with Gasteiger partial charge in [0.1, 0.15) is 0 Å². The van der Waals surface area contributed by atoms with Crippen molar-refractivity contribution in [2.24, 2.45) is 0 Å². The molecule has 0 aliphatic heterocycles. The van der Waals surface area contributed by atoms with E-state index in [1.54, 1.807) is 13.2 Å². The number of pyridine rings is 1. The fourth-order valence-corrected chi connectivity index (χ4v) is 1.28. The van der Waals surface area contributed by atoms with Crippen molar-refractivity contribution in [2.75, 3.05) is 13.7 Å². The molecular weight excluding hydrogens is 222 g/mol. The van der Waals surface area contributed by atoms with Crippen LogP contribution in [0, 0.1) is 0 Å². The summed E-state index contributed by atoms with van der Waals surface area (Å²) in [6, 6.07) is 3.63. The standard InChI is InChI=1S/C8H10BrNO2/c1-12-8-3-2-6(9)7(10-8)4-5-11/h2-3,11H,4-5H2,1H3. The lowest BCUT2D eigenvalue weighted by Gasteiger charge is -2.03. The van der Waals surface area contributed by atoms with E-state index in [-0.39, 0.29) is 6.61 Å². The molecule has 0 saturated heterocycles. The van der Waals surface area contributed by atoms with E-state index in [1.807, 2.05) is 6.07 Å². The minimum atomic E-state index is 0.0960. The summed E-state index contributed by atoms with van der Waals surface area (Å²) < 4.78 is 5.84. The number of ether oxygens (including phenoxy) is 1. The van der Waals surface area contributed by atoms with Crippen molar-refractivity contribution in [1.29, 1.82) is 0 Å². The number of aliphatic hydroxyl groups excluding tert-OH is 1. The molecule has 0 aliphatic rings. The van der Waals surface area contributed by atoms with Gasteiger partial charge in [-0.25, -0.2) is 4.98 Å². The van der Waals surface area contributed by atoms with Gasteiger partial charge in [0.25, 0.3) is 0 Å². The summed E-state index contributed by atoms with van der Waals surface area (Å²) in [7, 11) is 1.57. The Bertz CT molecular complexity index is 265. The average Bonchev–Trinajstić information content (AvgIpc) is 2.09. The molecule has 12 heavy (non-hydrogen) atoms. The predicted octanol–water partition coefficient (Wildman–Crippen LogP) is 1.39. The quantitative estimate of drug-likeness (QED) is 0.856. The smallest absolute Gasteiger partial charge is 0.213 e. The van der Waals surface area contributed by atoms with E-state index < -0.39 is 0 Å². The van der Waals surface area contributed by atoms with Crippen molar-refractivity contribution in [3.63, 3.8) is 0 Å². The molecule has 0 aromatic carbocycles. The number of hydrogen-bond acceptors (Lipinski definition) is 3. The molecule has 0 saturated carbocycles. The van der Waals surface area contributed by atoms with E-state index in [9.17, 15) is 0 Å². The summed E-state index contributed by atoms with van der Waals surface area (Å²) in [6.45, 7) is 0.0960. The van der Waals surface area contributed by atoms with Gasteiger partial charge in [-0.2, -0.15) is 0 Å². The summed E-state index contributed by atoms with van der Waals surface area (Å²) in [4.78, 5) is 4.15. The van der Waals surface area contributed by atoms with Crippen molar-refractivity contribution in [3.05, 3.63) is 22.3 Å². The van der Waals surface area contributed by atoms with Crippen LogP contribution >= 0.6 is 15.9 Å². The first-order valence-corrected chi connectivity index (χ1v) is 4.37. The summed E-state index contributed by atoms with van der Waals surface area (Å²) in [6.07, 6.45) is 0.539. The average molecular weight is 232 g/mol. The van der Waals surface area contributed by atoms with Crippen molar-refractivity contribution in [1.82, 2.24) is 4.98 Å². The Morgan fingerprint density at radius 1 is 1.58 bits per heavy atom. The van der Waals surface area contributed by atoms with Crippen LogP contribution in [0.4, 0.5) is 0 Å². The summed E-state index contributed by atoms with van der Waals surface area (Å²) in [5, 5.41) is 8.71. The SMILES string of the molecule is COc1ccc(Br)c(CCO)n1. The Hall–Kier alpha value is -0.610. The molecule has 3 nitrogen and oxygen atoms in total. The van der Waals surface area contributed by atoms with E-state index in [4.69, 9.17) is 9.84 Å². The molecule has 66 valence electrons. The molecule has 0 bridgehead atoms. The van der Waals surface area contributed by atoms with Crippen LogP contribution in [0.2, 0.25) is 0 Å². The lowest BCUT2D eigenvalue weighted by atomic mass is 10.3. The Labute approximate surface area is 79.5 Å². The van der Waals surface area contributed by atoms with E-state index in [0.717, 1.165) is 10.2 Å². The largest absolute Gasteiger partial charge is 0.481 e. The first kappa shape index (κ1) is 9.48. The van der Waals surface area contributed by atoms with Crippen LogP contribution in [0.25, 0.3) is 0 Å². The number of methoxy groups -OCH3 is 1. The Kier molecular flexibility index (Phi) is 3.49. The van der Waals surface area contributed by atoms with Gasteiger partial charge in [0.05, 0.1) is 12.8 Å². The van der Waals surface area contributed by atoms with Crippen LogP contribution in [-0.4, -0.2) is 23.8 Å². The van der Waals surface area contributed by atoms with Gasteiger partial charge in [-0.1, -0.05) is 0 Å². The van der Waals surface area contributed by atoms with E-state index in [0.29, 0.717) is 12.3 Å². The molecule has 1 N–H and O–H groups in total.